The Morgan fingerprint density at radius 2 is 2.12 bits per heavy atom. The number of hydrogen-bond acceptors (Lipinski definition) is 4. The van der Waals surface area contributed by atoms with Crippen LogP contribution in [0.25, 0.3) is 10.2 Å². The van der Waals surface area contributed by atoms with Crippen LogP contribution in [-0.4, -0.2) is 23.3 Å². The molecule has 0 saturated heterocycles. The molecule has 0 amide bonds. The molecule has 0 spiro atoms. The lowest BCUT2D eigenvalue weighted by molar-refractivity contribution is 0.201. The van der Waals surface area contributed by atoms with Crippen LogP contribution in [0.15, 0.2) is 18.2 Å². The highest BCUT2D eigenvalue weighted by Crippen LogP contribution is 2.32. The molecule has 0 aliphatic heterocycles. The van der Waals surface area contributed by atoms with Crippen molar-refractivity contribution in [3.8, 4) is 5.75 Å². The fourth-order valence-electron chi connectivity index (χ4n) is 1.48. The summed E-state index contributed by atoms with van der Waals surface area (Å²) >= 11 is 1.70. The molecule has 4 heteroatoms. The van der Waals surface area contributed by atoms with E-state index in [2.05, 4.69) is 25.8 Å². The molecule has 2 rings (SSSR count). The van der Waals surface area contributed by atoms with Gasteiger partial charge < -0.3 is 9.84 Å². The number of benzene rings is 1. The molecule has 17 heavy (non-hydrogen) atoms. The fraction of sp³-hybridized carbons (Fsp3) is 0.462. The number of aromatic nitrogens is 1. The molecule has 2 aromatic rings. The van der Waals surface area contributed by atoms with Crippen molar-refractivity contribution >= 4 is 21.6 Å². The second-order valence-corrected chi connectivity index (χ2v) is 6.00. The third kappa shape index (κ3) is 2.76. The van der Waals surface area contributed by atoms with E-state index in [1.165, 1.54) is 0 Å². The molecule has 0 unspecified atom stereocenters. The third-order valence-electron chi connectivity index (χ3n) is 2.36. The van der Waals surface area contributed by atoms with Gasteiger partial charge in [0.1, 0.15) is 12.4 Å². The van der Waals surface area contributed by atoms with Crippen LogP contribution in [0, 0.1) is 0 Å². The number of thiazole rings is 1. The lowest BCUT2D eigenvalue weighted by atomic mass is 9.98. The van der Waals surface area contributed by atoms with E-state index < -0.39 is 0 Å². The van der Waals surface area contributed by atoms with E-state index >= 15 is 0 Å². The minimum Gasteiger partial charge on any atom is -0.491 e. The molecule has 0 fully saturated rings. The van der Waals surface area contributed by atoms with E-state index in [1.807, 2.05) is 18.2 Å². The van der Waals surface area contributed by atoms with Crippen molar-refractivity contribution in [2.45, 2.75) is 26.2 Å². The first-order valence-electron chi connectivity index (χ1n) is 5.65. The number of fused-ring (bicyclic) bond motifs is 1. The monoisotopic (exact) mass is 251 g/mol. The highest BCUT2D eigenvalue weighted by Gasteiger charge is 2.18. The molecule has 0 bridgehead atoms. The number of aliphatic hydroxyl groups is 1. The van der Waals surface area contributed by atoms with E-state index in [0.29, 0.717) is 6.61 Å². The Balaban J connectivity index is 2.34. The van der Waals surface area contributed by atoms with Crippen molar-refractivity contribution in [2.24, 2.45) is 0 Å². The standard InChI is InChI=1S/C13H17NO2S/c1-13(2,3)12-14-10-5-4-9(16-7-6-15)8-11(10)17-12/h4-5,8,15H,6-7H2,1-3H3. The Hall–Kier alpha value is -1.13. The van der Waals surface area contributed by atoms with Gasteiger partial charge in [0.2, 0.25) is 0 Å². The van der Waals surface area contributed by atoms with E-state index in [-0.39, 0.29) is 12.0 Å². The van der Waals surface area contributed by atoms with Crippen LogP contribution in [0.5, 0.6) is 5.75 Å². The maximum Gasteiger partial charge on any atom is 0.120 e. The van der Waals surface area contributed by atoms with Gasteiger partial charge in [-0.05, 0) is 18.2 Å². The van der Waals surface area contributed by atoms with Crippen LogP contribution < -0.4 is 4.74 Å². The number of rotatable bonds is 3. The second-order valence-electron chi connectivity index (χ2n) is 4.97. The predicted molar refractivity (Wildman–Crippen MR) is 70.9 cm³/mol. The van der Waals surface area contributed by atoms with Crippen LogP contribution in [0.2, 0.25) is 0 Å². The molecule has 3 nitrogen and oxygen atoms in total. The van der Waals surface area contributed by atoms with Gasteiger partial charge in [-0.15, -0.1) is 11.3 Å². The lowest BCUT2D eigenvalue weighted by Crippen LogP contribution is -2.09. The zero-order chi connectivity index (χ0) is 12.5. The highest BCUT2D eigenvalue weighted by atomic mass is 32.1. The molecular weight excluding hydrogens is 234 g/mol. The topological polar surface area (TPSA) is 42.4 Å². The van der Waals surface area contributed by atoms with Crippen molar-refractivity contribution in [1.82, 2.24) is 4.98 Å². The minimum atomic E-state index is 0.0357. The van der Waals surface area contributed by atoms with Gasteiger partial charge in [-0.1, -0.05) is 20.8 Å². The average Bonchev–Trinajstić information content (AvgIpc) is 2.68. The van der Waals surface area contributed by atoms with E-state index in [0.717, 1.165) is 21.0 Å². The maximum absolute atomic E-state index is 8.72. The van der Waals surface area contributed by atoms with Crippen molar-refractivity contribution in [3.63, 3.8) is 0 Å². The van der Waals surface area contributed by atoms with Gasteiger partial charge in [0.25, 0.3) is 0 Å². The summed E-state index contributed by atoms with van der Waals surface area (Å²) in [5, 5.41) is 9.85. The van der Waals surface area contributed by atoms with Gasteiger partial charge in [-0.25, -0.2) is 4.98 Å². The van der Waals surface area contributed by atoms with Gasteiger partial charge in [-0.2, -0.15) is 0 Å². The van der Waals surface area contributed by atoms with Crippen molar-refractivity contribution in [1.29, 1.82) is 0 Å². The summed E-state index contributed by atoms with van der Waals surface area (Å²) in [4.78, 5) is 4.62. The summed E-state index contributed by atoms with van der Waals surface area (Å²) in [6.45, 7) is 6.85. The molecule has 1 aromatic carbocycles. The molecule has 0 radical (unpaired) electrons. The Bertz CT molecular complexity index is 514. The summed E-state index contributed by atoms with van der Waals surface area (Å²) in [5.41, 5.74) is 1.09. The summed E-state index contributed by atoms with van der Waals surface area (Å²) in [6.07, 6.45) is 0. The van der Waals surface area contributed by atoms with Gasteiger partial charge in [0.05, 0.1) is 21.8 Å². The normalized spacial score (nSPS) is 12.0. The first kappa shape index (κ1) is 12.3. The van der Waals surface area contributed by atoms with E-state index in [1.54, 1.807) is 11.3 Å². The SMILES string of the molecule is CC(C)(C)c1nc2ccc(OCCO)cc2s1. The lowest BCUT2D eigenvalue weighted by Gasteiger charge is -2.13. The van der Waals surface area contributed by atoms with Crippen molar-refractivity contribution < 1.29 is 9.84 Å². The smallest absolute Gasteiger partial charge is 0.120 e. The molecule has 1 heterocycles. The molecule has 0 aliphatic rings. The largest absolute Gasteiger partial charge is 0.491 e. The predicted octanol–water partition coefficient (Wildman–Crippen LogP) is 2.96. The highest BCUT2D eigenvalue weighted by molar-refractivity contribution is 7.18. The number of aliphatic hydroxyl groups excluding tert-OH is 1. The summed E-state index contributed by atoms with van der Waals surface area (Å²) in [7, 11) is 0. The zero-order valence-electron chi connectivity index (χ0n) is 10.4. The van der Waals surface area contributed by atoms with Gasteiger partial charge in [0, 0.05) is 5.41 Å². The molecular formula is C13H17NO2S. The van der Waals surface area contributed by atoms with Gasteiger partial charge in [0.15, 0.2) is 0 Å². The number of hydrogen-bond donors (Lipinski definition) is 1. The van der Waals surface area contributed by atoms with Crippen LogP contribution >= 0.6 is 11.3 Å². The first-order chi connectivity index (χ1) is 8.00. The van der Waals surface area contributed by atoms with Crippen molar-refractivity contribution in [3.05, 3.63) is 23.2 Å². The fourth-order valence-corrected chi connectivity index (χ4v) is 2.53. The Labute approximate surface area is 105 Å². The Kier molecular flexibility index (Phi) is 3.35. The molecule has 1 N–H and O–H groups in total. The first-order valence-corrected chi connectivity index (χ1v) is 6.47. The quantitative estimate of drug-likeness (QED) is 0.912. The molecule has 0 aliphatic carbocycles. The molecule has 92 valence electrons. The van der Waals surface area contributed by atoms with Crippen LogP contribution in [0.4, 0.5) is 0 Å². The molecule has 1 aromatic heterocycles. The van der Waals surface area contributed by atoms with Crippen molar-refractivity contribution in [2.75, 3.05) is 13.2 Å². The van der Waals surface area contributed by atoms with Crippen LogP contribution in [0.1, 0.15) is 25.8 Å². The Morgan fingerprint density at radius 3 is 2.76 bits per heavy atom. The Morgan fingerprint density at radius 1 is 1.35 bits per heavy atom. The summed E-state index contributed by atoms with van der Waals surface area (Å²) in [5.74, 6) is 0.788. The summed E-state index contributed by atoms with van der Waals surface area (Å²) in [6, 6.07) is 5.84. The molecule has 0 saturated carbocycles. The third-order valence-corrected chi connectivity index (χ3v) is 3.81. The number of ether oxygens (including phenoxy) is 1. The average molecular weight is 251 g/mol. The van der Waals surface area contributed by atoms with E-state index in [4.69, 9.17) is 9.84 Å². The van der Waals surface area contributed by atoms with Gasteiger partial charge >= 0.3 is 0 Å². The summed E-state index contributed by atoms with van der Waals surface area (Å²) < 4.78 is 6.52. The second kappa shape index (κ2) is 4.63. The zero-order valence-corrected chi connectivity index (χ0v) is 11.2. The van der Waals surface area contributed by atoms with E-state index in [9.17, 15) is 0 Å². The van der Waals surface area contributed by atoms with Crippen LogP contribution in [-0.2, 0) is 5.41 Å². The maximum atomic E-state index is 8.72. The molecule has 0 atom stereocenters. The van der Waals surface area contributed by atoms with Gasteiger partial charge in [-0.3, -0.25) is 0 Å². The minimum absolute atomic E-state index is 0.0357. The number of nitrogens with zero attached hydrogens (tertiary/aromatic N) is 1. The van der Waals surface area contributed by atoms with Crippen LogP contribution in [0.3, 0.4) is 0 Å².